The molecule has 1 amide bonds. The minimum atomic E-state index is -0.954. The van der Waals surface area contributed by atoms with E-state index in [9.17, 15) is 9.59 Å². The van der Waals surface area contributed by atoms with Crippen molar-refractivity contribution in [1.29, 1.82) is 0 Å². The summed E-state index contributed by atoms with van der Waals surface area (Å²) in [6.45, 7) is 7.21. The van der Waals surface area contributed by atoms with E-state index in [1.54, 1.807) is 37.5 Å². The van der Waals surface area contributed by atoms with E-state index < -0.39 is 18.0 Å². The number of aromatic nitrogens is 2. The zero-order valence-electron chi connectivity index (χ0n) is 18.1. The van der Waals surface area contributed by atoms with E-state index in [4.69, 9.17) is 14.0 Å². The van der Waals surface area contributed by atoms with Gasteiger partial charge in [-0.25, -0.2) is 4.79 Å². The second-order valence-electron chi connectivity index (χ2n) is 7.09. The molecular formula is C23H25N3O5. The highest BCUT2D eigenvalue weighted by Gasteiger charge is 2.17. The van der Waals surface area contributed by atoms with Gasteiger partial charge in [-0.2, -0.15) is 0 Å². The van der Waals surface area contributed by atoms with Crippen LogP contribution in [0.4, 0.5) is 5.69 Å². The molecule has 3 rings (SSSR count). The highest BCUT2D eigenvalue weighted by atomic mass is 16.5. The summed E-state index contributed by atoms with van der Waals surface area (Å²) < 4.78 is 17.4. The zero-order chi connectivity index (χ0) is 22.5. The van der Waals surface area contributed by atoms with Crippen LogP contribution in [0.3, 0.4) is 0 Å². The van der Waals surface area contributed by atoms with Crippen molar-refractivity contribution in [2.24, 2.45) is 0 Å². The molecule has 162 valence electrons. The van der Waals surface area contributed by atoms with Gasteiger partial charge in [0.05, 0.1) is 7.11 Å². The number of methoxy groups -OCH3 is 1. The second-order valence-corrected chi connectivity index (χ2v) is 7.09. The van der Waals surface area contributed by atoms with Crippen molar-refractivity contribution in [3.63, 3.8) is 0 Å². The molecule has 0 spiro atoms. The van der Waals surface area contributed by atoms with Crippen molar-refractivity contribution in [3.05, 3.63) is 65.2 Å². The third-order valence-corrected chi connectivity index (χ3v) is 4.73. The number of hydrogen-bond acceptors (Lipinski definition) is 6. The Morgan fingerprint density at radius 3 is 2.48 bits per heavy atom. The Labute approximate surface area is 180 Å². The Bertz CT molecular complexity index is 1110. The van der Waals surface area contributed by atoms with E-state index in [1.807, 2.05) is 37.5 Å². The summed E-state index contributed by atoms with van der Waals surface area (Å²) in [6.07, 6.45) is 2.00. The van der Waals surface area contributed by atoms with Gasteiger partial charge in [-0.1, -0.05) is 5.16 Å². The molecule has 0 aliphatic rings. The van der Waals surface area contributed by atoms with Gasteiger partial charge in [0.1, 0.15) is 11.5 Å². The van der Waals surface area contributed by atoms with Crippen LogP contribution in [0.25, 0.3) is 11.9 Å². The molecule has 1 atom stereocenters. The normalized spacial score (nSPS) is 12.0. The van der Waals surface area contributed by atoms with Crippen LogP contribution in [0, 0.1) is 20.8 Å². The number of benzene rings is 1. The molecule has 0 fully saturated rings. The Morgan fingerprint density at radius 1 is 1.16 bits per heavy atom. The smallest absolute Gasteiger partial charge is 0.331 e. The number of anilines is 1. The summed E-state index contributed by atoms with van der Waals surface area (Å²) in [5, 5.41) is 6.74. The molecule has 0 bridgehead atoms. The number of rotatable bonds is 7. The summed E-state index contributed by atoms with van der Waals surface area (Å²) >= 11 is 0. The van der Waals surface area contributed by atoms with Crippen LogP contribution < -0.4 is 10.1 Å². The first-order valence-electron chi connectivity index (χ1n) is 9.74. The fourth-order valence-electron chi connectivity index (χ4n) is 3.11. The van der Waals surface area contributed by atoms with Gasteiger partial charge in [0.2, 0.25) is 0 Å². The summed E-state index contributed by atoms with van der Waals surface area (Å²) in [5.41, 5.74) is 3.27. The molecule has 3 aromatic rings. The molecule has 0 unspecified atom stereocenters. The summed E-state index contributed by atoms with van der Waals surface area (Å²) in [4.78, 5) is 24.5. The Morgan fingerprint density at radius 2 is 1.87 bits per heavy atom. The van der Waals surface area contributed by atoms with Gasteiger partial charge in [-0.05, 0) is 69.7 Å². The summed E-state index contributed by atoms with van der Waals surface area (Å²) in [7, 11) is 1.57. The standard InChI is InChI=1S/C23H25N3O5/c1-14-12-18(16(3)26(14)21-13-15(2)31-25-21)6-11-22(27)30-17(4)23(28)24-19-7-9-20(29-5)10-8-19/h6-13,17H,1-5H3,(H,24,28)/b11-6+/t17-/m1/s1. The van der Waals surface area contributed by atoms with Crippen LogP contribution in [0.15, 0.2) is 47.0 Å². The molecule has 31 heavy (non-hydrogen) atoms. The van der Waals surface area contributed by atoms with Crippen LogP contribution in [0.1, 0.15) is 29.6 Å². The number of esters is 1. The molecule has 0 aliphatic heterocycles. The lowest BCUT2D eigenvalue weighted by Gasteiger charge is -2.12. The minimum Gasteiger partial charge on any atom is -0.497 e. The van der Waals surface area contributed by atoms with E-state index in [0.717, 1.165) is 17.0 Å². The first kappa shape index (κ1) is 21.9. The van der Waals surface area contributed by atoms with Gasteiger partial charge >= 0.3 is 5.97 Å². The Balaban J connectivity index is 1.61. The van der Waals surface area contributed by atoms with Crippen LogP contribution in [-0.4, -0.2) is 34.8 Å². The second kappa shape index (κ2) is 9.34. The average molecular weight is 423 g/mol. The van der Waals surface area contributed by atoms with E-state index in [0.29, 0.717) is 23.0 Å². The molecule has 0 saturated heterocycles. The maximum absolute atomic E-state index is 12.3. The Hall–Kier alpha value is -3.81. The highest BCUT2D eigenvalue weighted by molar-refractivity contribution is 5.96. The molecule has 0 aliphatic carbocycles. The lowest BCUT2D eigenvalue weighted by molar-refractivity contribution is -0.148. The highest BCUT2D eigenvalue weighted by Crippen LogP contribution is 2.22. The number of nitrogens with one attached hydrogen (secondary N) is 1. The van der Waals surface area contributed by atoms with Gasteiger partial charge in [-0.3, -0.25) is 9.36 Å². The van der Waals surface area contributed by atoms with E-state index >= 15 is 0 Å². The van der Waals surface area contributed by atoms with E-state index in [1.165, 1.54) is 13.0 Å². The van der Waals surface area contributed by atoms with E-state index in [2.05, 4.69) is 10.5 Å². The number of carbonyl (C=O) groups excluding carboxylic acids is 2. The number of aryl methyl sites for hydroxylation is 2. The number of amides is 1. The number of carbonyl (C=O) groups is 2. The van der Waals surface area contributed by atoms with Gasteiger partial charge in [-0.15, -0.1) is 0 Å². The molecule has 8 nitrogen and oxygen atoms in total. The quantitative estimate of drug-likeness (QED) is 0.456. The SMILES string of the molecule is COc1ccc(NC(=O)[C@@H](C)OC(=O)/C=C/c2cc(C)n(-c3cc(C)on3)c2C)cc1. The predicted molar refractivity (Wildman–Crippen MR) is 116 cm³/mol. The number of ether oxygens (including phenoxy) is 2. The van der Waals surface area contributed by atoms with Crippen LogP contribution >= 0.6 is 0 Å². The first-order chi connectivity index (χ1) is 14.8. The predicted octanol–water partition coefficient (Wildman–Crippen LogP) is 3.98. The van der Waals surface area contributed by atoms with Crippen molar-refractivity contribution in [2.45, 2.75) is 33.8 Å². The fourth-order valence-corrected chi connectivity index (χ4v) is 3.11. The molecule has 2 heterocycles. The summed E-state index contributed by atoms with van der Waals surface area (Å²) in [5.74, 6) is 1.04. The number of hydrogen-bond donors (Lipinski definition) is 1. The molecule has 1 aromatic carbocycles. The van der Waals surface area contributed by atoms with Crippen LogP contribution in [-0.2, 0) is 14.3 Å². The van der Waals surface area contributed by atoms with E-state index in [-0.39, 0.29) is 0 Å². The van der Waals surface area contributed by atoms with Gasteiger partial charge < -0.3 is 19.3 Å². The first-order valence-corrected chi connectivity index (χ1v) is 9.74. The Kier molecular flexibility index (Phi) is 6.59. The maximum Gasteiger partial charge on any atom is 0.331 e. The molecule has 0 saturated carbocycles. The lowest BCUT2D eigenvalue weighted by Crippen LogP contribution is -2.29. The topological polar surface area (TPSA) is 95.6 Å². The lowest BCUT2D eigenvalue weighted by atomic mass is 10.2. The average Bonchev–Trinajstić information content (AvgIpc) is 3.28. The van der Waals surface area contributed by atoms with Gasteiger partial charge in [0.15, 0.2) is 11.9 Å². The molecule has 8 heteroatoms. The van der Waals surface area contributed by atoms with Crippen molar-refractivity contribution in [3.8, 4) is 11.6 Å². The number of nitrogens with zero attached hydrogens (tertiary/aromatic N) is 2. The van der Waals surface area contributed by atoms with Gasteiger partial charge in [0.25, 0.3) is 5.91 Å². The maximum atomic E-state index is 12.3. The molecule has 2 aromatic heterocycles. The molecule has 1 N–H and O–H groups in total. The summed E-state index contributed by atoms with van der Waals surface area (Å²) in [6, 6.07) is 10.6. The third kappa shape index (κ3) is 5.22. The van der Waals surface area contributed by atoms with Crippen LogP contribution in [0.5, 0.6) is 5.75 Å². The van der Waals surface area contributed by atoms with Crippen molar-refractivity contribution >= 4 is 23.6 Å². The fraction of sp³-hybridized carbons (Fsp3) is 0.261. The van der Waals surface area contributed by atoms with Crippen molar-refractivity contribution in [2.75, 3.05) is 12.4 Å². The monoisotopic (exact) mass is 423 g/mol. The van der Waals surface area contributed by atoms with Crippen molar-refractivity contribution in [1.82, 2.24) is 9.72 Å². The zero-order valence-corrected chi connectivity index (χ0v) is 18.1. The molecular weight excluding hydrogens is 398 g/mol. The largest absolute Gasteiger partial charge is 0.497 e. The van der Waals surface area contributed by atoms with Crippen LogP contribution in [0.2, 0.25) is 0 Å². The minimum absolute atomic E-state index is 0.425. The van der Waals surface area contributed by atoms with Gasteiger partial charge in [0, 0.05) is 29.2 Å². The molecule has 0 radical (unpaired) electrons. The third-order valence-electron chi connectivity index (χ3n) is 4.73. The van der Waals surface area contributed by atoms with Crippen molar-refractivity contribution < 1.29 is 23.6 Å².